The van der Waals surface area contributed by atoms with Gasteiger partial charge < -0.3 is 14.2 Å². The van der Waals surface area contributed by atoms with E-state index in [1.807, 2.05) is 36.6 Å². The maximum atomic E-state index is 12.9. The lowest BCUT2D eigenvalue weighted by atomic mass is 10.1. The molecule has 0 radical (unpaired) electrons. The van der Waals surface area contributed by atoms with Crippen molar-refractivity contribution in [1.82, 2.24) is 14.5 Å². The molecule has 1 amide bonds. The Labute approximate surface area is 166 Å². The van der Waals surface area contributed by atoms with Gasteiger partial charge in [0.15, 0.2) is 0 Å². The van der Waals surface area contributed by atoms with E-state index in [0.717, 1.165) is 17.1 Å². The van der Waals surface area contributed by atoms with Gasteiger partial charge in [-0.1, -0.05) is 12.1 Å². The van der Waals surface area contributed by atoms with Gasteiger partial charge in [-0.2, -0.15) is 0 Å². The average Bonchev–Trinajstić information content (AvgIpc) is 2.96. The van der Waals surface area contributed by atoms with E-state index in [4.69, 9.17) is 0 Å². The number of pyridine rings is 1. The molecule has 0 aliphatic rings. The van der Waals surface area contributed by atoms with E-state index in [1.54, 1.807) is 19.4 Å². The highest BCUT2D eigenvalue weighted by Crippen LogP contribution is 2.24. The van der Waals surface area contributed by atoms with Crippen LogP contribution in [0, 0.1) is 13.8 Å². The summed E-state index contributed by atoms with van der Waals surface area (Å²) in [5.74, 6) is -0.473. The van der Waals surface area contributed by atoms with Gasteiger partial charge in [0.25, 0.3) is 5.91 Å². The molecule has 0 aliphatic heterocycles. The minimum atomic E-state index is -4.73. The first-order valence-electron chi connectivity index (χ1n) is 8.85. The Hall–Kier alpha value is -3.29. The highest BCUT2D eigenvalue weighted by molar-refractivity contribution is 5.95. The monoisotopic (exact) mass is 403 g/mol. The van der Waals surface area contributed by atoms with E-state index in [1.165, 1.54) is 29.2 Å². The maximum Gasteiger partial charge on any atom is 0.573 e. The molecule has 2 heterocycles. The molecule has 0 spiro atoms. The summed E-state index contributed by atoms with van der Waals surface area (Å²) in [5, 5.41) is 0. The second kappa shape index (κ2) is 7.98. The topological polar surface area (TPSA) is 47.4 Å². The molecule has 152 valence electrons. The van der Waals surface area contributed by atoms with Gasteiger partial charge in [0.1, 0.15) is 5.75 Å². The molecule has 3 rings (SSSR count). The minimum absolute atomic E-state index is 0.177. The molecule has 2 aromatic heterocycles. The first kappa shape index (κ1) is 20.4. The number of hydrogen-bond acceptors (Lipinski definition) is 3. The second-order valence-electron chi connectivity index (χ2n) is 6.68. The molecule has 0 aliphatic carbocycles. The zero-order valence-corrected chi connectivity index (χ0v) is 16.2. The van der Waals surface area contributed by atoms with Gasteiger partial charge in [0.05, 0.1) is 17.4 Å². The standard InChI is InChI=1S/C21H20F3N3O2/c1-14-11-19(15(2)27(14)17-5-4-10-25-12-17)20(28)26(3)13-16-6-8-18(9-7-16)29-21(22,23)24/h4-12H,13H2,1-3H3. The van der Waals surface area contributed by atoms with Gasteiger partial charge >= 0.3 is 6.36 Å². The highest BCUT2D eigenvalue weighted by atomic mass is 19.4. The van der Waals surface area contributed by atoms with Crippen molar-refractivity contribution in [3.63, 3.8) is 0 Å². The Morgan fingerprint density at radius 2 is 1.86 bits per heavy atom. The first-order valence-corrected chi connectivity index (χ1v) is 8.85. The summed E-state index contributed by atoms with van der Waals surface area (Å²) < 4.78 is 42.6. The average molecular weight is 403 g/mol. The molecule has 0 fully saturated rings. The molecule has 3 aromatic rings. The number of carbonyl (C=O) groups is 1. The third kappa shape index (κ3) is 4.77. The number of hydrogen-bond donors (Lipinski definition) is 0. The predicted octanol–water partition coefficient (Wildman–Crippen LogP) is 4.66. The fourth-order valence-electron chi connectivity index (χ4n) is 3.21. The Kier molecular flexibility index (Phi) is 5.63. The normalized spacial score (nSPS) is 11.4. The van der Waals surface area contributed by atoms with Crippen molar-refractivity contribution in [2.24, 2.45) is 0 Å². The van der Waals surface area contributed by atoms with Crippen molar-refractivity contribution in [1.29, 1.82) is 0 Å². The number of benzene rings is 1. The van der Waals surface area contributed by atoms with Gasteiger partial charge in [0, 0.05) is 31.2 Å². The van der Waals surface area contributed by atoms with Crippen LogP contribution in [0.4, 0.5) is 13.2 Å². The summed E-state index contributed by atoms with van der Waals surface area (Å²) in [5.41, 5.74) is 3.81. The highest BCUT2D eigenvalue weighted by Gasteiger charge is 2.31. The number of aromatic nitrogens is 2. The van der Waals surface area contributed by atoms with Gasteiger partial charge in [0.2, 0.25) is 0 Å². The Morgan fingerprint density at radius 3 is 2.45 bits per heavy atom. The molecule has 0 unspecified atom stereocenters. The number of amides is 1. The molecule has 0 N–H and O–H groups in total. The van der Waals surface area contributed by atoms with Gasteiger partial charge in [-0.15, -0.1) is 13.2 Å². The Balaban J connectivity index is 1.76. The molecule has 29 heavy (non-hydrogen) atoms. The Morgan fingerprint density at radius 1 is 1.17 bits per heavy atom. The number of nitrogens with zero attached hydrogens (tertiary/aromatic N) is 3. The molecule has 1 aromatic carbocycles. The van der Waals surface area contributed by atoms with Gasteiger partial charge in [-0.3, -0.25) is 9.78 Å². The van der Waals surface area contributed by atoms with Crippen LogP contribution < -0.4 is 4.74 Å². The van der Waals surface area contributed by atoms with Crippen LogP contribution in [0.3, 0.4) is 0 Å². The quantitative estimate of drug-likeness (QED) is 0.623. The van der Waals surface area contributed by atoms with Gasteiger partial charge in [-0.25, -0.2) is 0 Å². The van der Waals surface area contributed by atoms with E-state index < -0.39 is 6.36 Å². The van der Waals surface area contributed by atoms with E-state index in [9.17, 15) is 18.0 Å². The van der Waals surface area contributed by atoms with Crippen LogP contribution in [0.15, 0.2) is 54.9 Å². The molecule has 0 saturated carbocycles. The van der Waals surface area contributed by atoms with E-state index in [-0.39, 0.29) is 18.2 Å². The fourth-order valence-corrected chi connectivity index (χ4v) is 3.21. The van der Waals surface area contributed by atoms with Crippen molar-refractivity contribution in [3.05, 3.63) is 77.4 Å². The summed E-state index contributed by atoms with van der Waals surface area (Å²) in [4.78, 5) is 18.6. The SMILES string of the molecule is Cc1cc(C(=O)N(C)Cc2ccc(OC(F)(F)F)cc2)c(C)n1-c1cccnc1. The summed E-state index contributed by atoms with van der Waals surface area (Å²) in [6.07, 6.45) is -1.32. The molecule has 0 atom stereocenters. The van der Waals surface area contributed by atoms with Crippen LogP contribution in [0.1, 0.15) is 27.3 Å². The van der Waals surface area contributed by atoms with Crippen LogP contribution in [-0.2, 0) is 6.54 Å². The van der Waals surface area contributed by atoms with Crippen LogP contribution >= 0.6 is 0 Å². The molecular formula is C21H20F3N3O2. The number of alkyl halides is 3. The first-order chi connectivity index (χ1) is 13.7. The third-order valence-electron chi connectivity index (χ3n) is 4.49. The van der Waals surface area contributed by atoms with Gasteiger partial charge in [-0.05, 0) is 49.7 Å². The van der Waals surface area contributed by atoms with Crippen LogP contribution in [0.2, 0.25) is 0 Å². The van der Waals surface area contributed by atoms with Crippen molar-refractivity contribution in [2.75, 3.05) is 7.05 Å². The summed E-state index contributed by atoms with van der Waals surface area (Å²) in [7, 11) is 1.65. The second-order valence-corrected chi connectivity index (χ2v) is 6.68. The van der Waals surface area contributed by atoms with Crippen molar-refractivity contribution < 1.29 is 22.7 Å². The molecule has 0 bridgehead atoms. The smallest absolute Gasteiger partial charge is 0.406 e. The van der Waals surface area contributed by atoms with E-state index in [0.29, 0.717) is 11.1 Å². The maximum absolute atomic E-state index is 12.9. The number of rotatable bonds is 5. The largest absolute Gasteiger partial charge is 0.573 e. The van der Waals surface area contributed by atoms with Crippen molar-refractivity contribution >= 4 is 5.91 Å². The summed E-state index contributed by atoms with van der Waals surface area (Å²) in [6, 6.07) is 11.0. The zero-order valence-electron chi connectivity index (χ0n) is 16.2. The van der Waals surface area contributed by atoms with Crippen molar-refractivity contribution in [2.45, 2.75) is 26.8 Å². The predicted molar refractivity (Wildman–Crippen MR) is 102 cm³/mol. The minimum Gasteiger partial charge on any atom is -0.406 e. The number of halogens is 3. The number of ether oxygens (including phenoxy) is 1. The summed E-state index contributed by atoms with van der Waals surface area (Å²) in [6.45, 7) is 4.03. The van der Waals surface area contributed by atoms with Crippen LogP contribution in [-0.4, -0.2) is 33.8 Å². The molecule has 5 nitrogen and oxygen atoms in total. The van der Waals surface area contributed by atoms with Crippen LogP contribution in [0.25, 0.3) is 5.69 Å². The lowest BCUT2D eigenvalue weighted by Crippen LogP contribution is -2.26. The number of carbonyl (C=O) groups excluding carboxylic acids is 1. The fraction of sp³-hybridized carbons (Fsp3) is 0.238. The van der Waals surface area contributed by atoms with E-state index in [2.05, 4.69) is 9.72 Å². The molecule has 0 saturated heterocycles. The zero-order chi connectivity index (χ0) is 21.2. The number of aryl methyl sites for hydroxylation is 1. The van der Waals surface area contributed by atoms with E-state index >= 15 is 0 Å². The molecular weight excluding hydrogens is 383 g/mol. The lowest BCUT2D eigenvalue weighted by Gasteiger charge is -2.18. The third-order valence-corrected chi connectivity index (χ3v) is 4.49. The Bertz CT molecular complexity index is 997. The molecule has 8 heteroatoms. The summed E-state index contributed by atoms with van der Waals surface area (Å²) >= 11 is 0. The van der Waals surface area contributed by atoms with Crippen LogP contribution in [0.5, 0.6) is 5.75 Å². The van der Waals surface area contributed by atoms with Crippen molar-refractivity contribution in [3.8, 4) is 11.4 Å². The lowest BCUT2D eigenvalue weighted by molar-refractivity contribution is -0.274.